The van der Waals surface area contributed by atoms with Crippen molar-refractivity contribution in [2.45, 2.75) is 64.1 Å². The molecule has 2 N–H and O–H groups in total. The molecule has 0 aliphatic carbocycles. The fraction of sp³-hybridized carbons (Fsp3) is 0.586. The van der Waals surface area contributed by atoms with E-state index in [1.54, 1.807) is 17.0 Å². The van der Waals surface area contributed by atoms with Gasteiger partial charge in [-0.25, -0.2) is 4.79 Å². The lowest BCUT2D eigenvalue weighted by atomic mass is 10.0. The molecule has 5 rings (SSSR count). The van der Waals surface area contributed by atoms with Crippen molar-refractivity contribution in [2.75, 3.05) is 50.7 Å². The monoisotopic (exact) mass is 582 g/mol. The van der Waals surface area contributed by atoms with Crippen molar-refractivity contribution >= 4 is 41.3 Å². The summed E-state index contributed by atoms with van der Waals surface area (Å²) in [5, 5.41) is 5.06. The normalized spacial score (nSPS) is 23.3. The van der Waals surface area contributed by atoms with Crippen LogP contribution in [-0.2, 0) is 19.1 Å². The number of amides is 6. The molecule has 0 aromatic heterocycles. The van der Waals surface area contributed by atoms with Crippen LogP contribution in [0, 0.1) is 0 Å². The lowest BCUT2D eigenvalue weighted by molar-refractivity contribution is -0.136. The van der Waals surface area contributed by atoms with E-state index in [2.05, 4.69) is 20.4 Å². The molecule has 4 heterocycles. The van der Waals surface area contributed by atoms with Crippen LogP contribution in [0.5, 0.6) is 0 Å². The van der Waals surface area contributed by atoms with Gasteiger partial charge in [-0.3, -0.25) is 39.1 Å². The number of hydrogen-bond donors (Lipinski definition) is 2. The minimum Gasteiger partial charge on any atom is -0.444 e. The van der Waals surface area contributed by atoms with Gasteiger partial charge in [-0.2, -0.15) is 0 Å². The Morgan fingerprint density at radius 3 is 2.38 bits per heavy atom. The number of fused-ring (bicyclic) bond motifs is 1. The molecule has 0 bridgehead atoms. The summed E-state index contributed by atoms with van der Waals surface area (Å²) in [6.45, 7) is 10.0. The number of nitrogens with zero attached hydrogens (tertiary/aromatic N) is 4. The van der Waals surface area contributed by atoms with Gasteiger partial charge in [-0.05, 0) is 51.8 Å². The molecule has 1 aromatic carbocycles. The van der Waals surface area contributed by atoms with Crippen LogP contribution in [0.4, 0.5) is 10.5 Å². The van der Waals surface area contributed by atoms with Crippen molar-refractivity contribution in [1.82, 2.24) is 25.3 Å². The standard InChI is InChI=1S/C29H38N6O7/c1-29(2,3)42-28(41)30-18-8-11-34(17-18)24(37)9-10-32-12-14-33(15-13-32)19-4-5-20-21(16-19)27(40)35(26(20)39)22-6-7-23(36)31-25(22)38/h4-5,16,18,22H,6-15,17H2,1-3H3,(H,30,41)(H,31,36,38)/t18-,22?/m0/s1. The second-order valence-corrected chi connectivity index (χ2v) is 12.2. The summed E-state index contributed by atoms with van der Waals surface area (Å²) in [5.41, 5.74) is 0.769. The maximum absolute atomic E-state index is 13.2. The lowest BCUT2D eigenvalue weighted by Gasteiger charge is -2.36. The molecule has 13 heteroatoms. The van der Waals surface area contributed by atoms with Gasteiger partial charge >= 0.3 is 6.09 Å². The number of benzene rings is 1. The van der Waals surface area contributed by atoms with Gasteiger partial charge in [0.05, 0.1) is 17.2 Å². The van der Waals surface area contributed by atoms with Crippen molar-refractivity contribution in [1.29, 1.82) is 0 Å². The van der Waals surface area contributed by atoms with E-state index < -0.39 is 41.4 Å². The predicted octanol–water partition coefficient (Wildman–Crippen LogP) is 0.726. The smallest absolute Gasteiger partial charge is 0.407 e. The minimum atomic E-state index is -0.988. The van der Waals surface area contributed by atoms with Gasteiger partial charge in [0.15, 0.2) is 0 Å². The van der Waals surface area contributed by atoms with Gasteiger partial charge in [0.25, 0.3) is 11.8 Å². The SMILES string of the molecule is CC(C)(C)OC(=O)N[C@H]1CCN(C(=O)CCN2CCN(c3ccc4c(c3)C(=O)N(C3CCC(=O)NC3=O)C4=O)CC2)C1. The van der Waals surface area contributed by atoms with E-state index in [1.165, 1.54) is 0 Å². The third-order valence-corrected chi connectivity index (χ3v) is 8.06. The molecule has 4 aliphatic heterocycles. The van der Waals surface area contributed by atoms with E-state index >= 15 is 0 Å². The van der Waals surface area contributed by atoms with Crippen molar-refractivity contribution in [3.05, 3.63) is 29.3 Å². The highest BCUT2D eigenvalue weighted by Gasteiger charge is 2.44. The molecule has 2 atom stereocenters. The molecule has 4 aliphatic rings. The number of imide groups is 2. The molecule has 42 heavy (non-hydrogen) atoms. The zero-order valence-corrected chi connectivity index (χ0v) is 24.3. The summed E-state index contributed by atoms with van der Waals surface area (Å²) in [5.74, 6) is -2.01. The molecule has 13 nitrogen and oxygen atoms in total. The quantitative estimate of drug-likeness (QED) is 0.463. The highest BCUT2D eigenvalue weighted by molar-refractivity contribution is 6.23. The van der Waals surface area contributed by atoms with Gasteiger partial charge in [0.2, 0.25) is 17.7 Å². The molecule has 6 amide bonds. The Morgan fingerprint density at radius 1 is 0.976 bits per heavy atom. The summed E-state index contributed by atoms with van der Waals surface area (Å²) >= 11 is 0. The van der Waals surface area contributed by atoms with Crippen molar-refractivity contribution in [2.24, 2.45) is 0 Å². The van der Waals surface area contributed by atoms with Crippen LogP contribution < -0.4 is 15.5 Å². The Kier molecular flexibility index (Phi) is 8.22. The maximum Gasteiger partial charge on any atom is 0.407 e. The Labute approximate surface area is 244 Å². The Hall–Kier alpha value is -4.00. The molecule has 3 fully saturated rings. The second-order valence-electron chi connectivity index (χ2n) is 12.2. The van der Waals surface area contributed by atoms with E-state index in [4.69, 9.17) is 4.74 Å². The van der Waals surface area contributed by atoms with Crippen LogP contribution in [0.15, 0.2) is 18.2 Å². The van der Waals surface area contributed by atoms with Crippen molar-refractivity contribution in [3.63, 3.8) is 0 Å². The van der Waals surface area contributed by atoms with E-state index in [0.717, 1.165) is 23.7 Å². The van der Waals surface area contributed by atoms with E-state index in [9.17, 15) is 28.8 Å². The first kappa shape index (κ1) is 29.5. The number of piperazine rings is 1. The zero-order chi connectivity index (χ0) is 30.2. The van der Waals surface area contributed by atoms with E-state index in [1.807, 2.05) is 26.8 Å². The summed E-state index contributed by atoms with van der Waals surface area (Å²) in [6.07, 6.45) is 0.823. The number of carbonyl (C=O) groups excluding carboxylic acids is 6. The molecule has 0 spiro atoms. The Bertz CT molecular complexity index is 1300. The third kappa shape index (κ3) is 6.40. The summed E-state index contributed by atoms with van der Waals surface area (Å²) in [4.78, 5) is 81.9. The molecule has 1 aromatic rings. The van der Waals surface area contributed by atoms with Crippen LogP contribution >= 0.6 is 0 Å². The van der Waals surface area contributed by atoms with Gasteiger partial charge in [0, 0.05) is 64.3 Å². The van der Waals surface area contributed by atoms with Crippen molar-refractivity contribution in [3.8, 4) is 0 Å². The number of carbonyl (C=O) groups is 6. The summed E-state index contributed by atoms with van der Waals surface area (Å²) in [6, 6.07) is 4.04. The van der Waals surface area contributed by atoms with Gasteiger partial charge < -0.3 is 19.9 Å². The number of piperidine rings is 1. The topological polar surface area (TPSA) is 149 Å². The third-order valence-electron chi connectivity index (χ3n) is 8.06. The van der Waals surface area contributed by atoms with Crippen LogP contribution in [0.3, 0.4) is 0 Å². The van der Waals surface area contributed by atoms with E-state index in [-0.39, 0.29) is 35.9 Å². The van der Waals surface area contributed by atoms with Crippen LogP contribution in [-0.4, -0.2) is 114 Å². The molecule has 0 radical (unpaired) electrons. The Morgan fingerprint density at radius 2 is 1.69 bits per heavy atom. The maximum atomic E-state index is 13.2. The Balaban J connectivity index is 1.09. The number of hydrogen-bond acceptors (Lipinski definition) is 9. The van der Waals surface area contributed by atoms with Crippen LogP contribution in [0.1, 0.15) is 67.2 Å². The van der Waals surface area contributed by atoms with E-state index in [0.29, 0.717) is 45.6 Å². The average molecular weight is 583 g/mol. The first-order valence-corrected chi connectivity index (χ1v) is 14.5. The summed E-state index contributed by atoms with van der Waals surface area (Å²) < 4.78 is 5.31. The molecular weight excluding hydrogens is 544 g/mol. The number of alkyl carbamates (subject to hydrolysis) is 1. The molecule has 1 unspecified atom stereocenters. The van der Waals surface area contributed by atoms with Crippen LogP contribution in [0.2, 0.25) is 0 Å². The van der Waals surface area contributed by atoms with Gasteiger partial charge in [0.1, 0.15) is 11.6 Å². The number of anilines is 1. The number of rotatable bonds is 6. The first-order valence-electron chi connectivity index (χ1n) is 14.5. The van der Waals surface area contributed by atoms with Gasteiger partial charge in [-0.15, -0.1) is 0 Å². The number of nitrogens with one attached hydrogen (secondary N) is 2. The highest BCUT2D eigenvalue weighted by atomic mass is 16.6. The predicted molar refractivity (Wildman–Crippen MR) is 151 cm³/mol. The molecular formula is C29H38N6O7. The van der Waals surface area contributed by atoms with Crippen LogP contribution in [0.25, 0.3) is 0 Å². The largest absolute Gasteiger partial charge is 0.444 e. The molecule has 3 saturated heterocycles. The fourth-order valence-electron chi connectivity index (χ4n) is 5.88. The number of ether oxygens (including phenoxy) is 1. The highest BCUT2D eigenvalue weighted by Crippen LogP contribution is 2.31. The molecule has 226 valence electrons. The minimum absolute atomic E-state index is 0.0632. The second kappa shape index (κ2) is 11.7. The average Bonchev–Trinajstić information content (AvgIpc) is 3.49. The zero-order valence-electron chi connectivity index (χ0n) is 24.3. The van der Waals surface area contributed by atoms with Crippen molar-refractivity contribution < 1.29 is 33.5 Å². The fourth-order valence-corrected chi connectivity index (χ4v) is 5.88. The molecule has 0 saturated carbocycles. The lowest BCUT2D eigenvalue weighted by Crippen LogP contribution is -2.54. The van der Waals surface area contributed by atoms with Gasteiger partial charge in [-0.1, -0.05) is 0 Å². The number of likely N-dealkylation sites (tertiary alicyclic amines) is 1. The summed E-state index contributed by atoms with van der Waals surface area (Å²) in [7, 11) is 0. The first-order chi connectivity index (χ1) is 19.9.